The zero-order chi connectivity index (χ0) is 18.7. The average Bonchev–Trinajstić information content (AvgIpc) is 2.64. The van der Waals surface area contributed by atoms with Gasteiger partial charge in [-0.3, -0.25) is 19.4 Å². The number of aromatic nitrogens is 3. The quantitative estimate of drug-likeness (QED) is 0.765. The van der Waals surface area contributed by atoms with Crippen LogP contribution in [0.1, 0.15) is 21.7 Å². The average molecular weight is 359 g/mol. The van der Waals surface area contributed by atoms with Crippen LogP contribution in [0.3, 0.4) is 0 Å². The molecule has 138 valence electrons. The van der Waals surface area contributed by atoms with Crippen molar-refractivity contribution in [2.24, 2.45) is 7.05 Å². The van der Waals surface area contributed by atoms with Crippen molar-refractivity contribution in [1.82, 2.24) is 19.9 Å². The molecule has 0 unspecified atom stereocenters. The molecule has 26 heavy (non-hydrogen) atoms. The van der Waals surface area contributed by atoms with Crippen LogP contribution in [0.25, 0.3) is 0 Å². The molecule has 1 fully saturated rings. The minimum atomic E-state index is -0.499. The number of ether oxygens (including phenoxy) is 1. The van der Waals surface area contributed by atoms with Crippen molar-refractivity contribution in [3.63, 3.8) is 0 Å². The Balaban J connectivity index is 1.74. The number of nitrogens with one attached hydrogen (secondary N) is 2. The van der Waals surface area contributed by atoms with Gasteiger partial charge < -0.3 is 19.5 Å². The van der Waals surface area contributed by atoms with Crippen LogP contribution in [-0.4, -0.2) is 46.7 Å². The second-order valence-electron chi connectivity index (χ2n) is 6.09. The first-order valence-corrected chi connectivity index (χ1v) is 8.33. The summed E-state index contributed by atoms with van der Waals surface area (Å²) in [6.07, 6.45) is 0. The largest absolute Gasteiger partial charge is 0.378 e. The third kappa shape index (κ3) is 3.83. The minimum absolute atomic E-state index is 0.0522. The number of carbonyl (C=O) groups is 1. The number of anilines is 1. The highest BCUT2D eigenvalue weighted by molar-refractivity contribution is 5.93. The summed E-state index contributed by atoms with van der Waals surface area (Å²) in [7, 11) is 1.61. The van der Waals surface area contributed by atoms with Crippen LogP contribution in [0, 0.1) is 6.92 Å². The van der Waals surface area contributed by atoms with Gasteiger partial charge in [0, 0.05) is 31.9 Å². The second kappa shape index (κ2) is 7.52. The van der Waals surface area contributed by atoms with Crippen LogP contribution >= 0.6 is 0 Å². The van der Waals surface area contributed by atoms with Crippen LogP contribution in [0.15, 0.2) is 27.8 Å². The molecule has 1 aliphatic heterocycles. The van der Waals surface area contributed by atoms with Gasteiger partial charge in [-0.25, -0.2) is 4.98 Å². The molecule has 2 aromatic heterocycles. The van der Waals surface area contributed by atoms with Crippen LogP contribution in [0.5, 0.6) is 0 Å². The van der Waals surface area contributed by atoms with E-state index in [4.69, 9.17) is 4.74 Å². The maximum atomic E-state index is 12.3. The van der Waals surface area contributed by atoms with Gasteiger partial charge in [0.1, 0.15) is 5.56 Å². The van der Waals surface area contributed by atoms with Gasteiger partial charge in [0.05, 0.1) is 25.5 Å². The fourth-order valence-electron chi connectivity index (χ4n) is 2.68. The first-order chi connectivity index (χ1) is 12.5. The third-order valence-corrected chi connectivity index (χ3v) is 4.32. The van der Waals surface area contributed by atoms with E-state index in [1.807, 2.05) is 4.90 Å². The lowest BCUT2D eigenvalue weighted by Crippen LogP contribution is -2.38. The number of aryl methyl sites for hydroxylation is 1. The van der Waals surface area contributed by atoms with Crippen molar-refractivity contribution in [1.29, 1.82) is 0 Å². The van der Waals surface area contributed by atoms with E-state index in [2.05, 4.69) is 15.3 Å². The number of H-pyrrole nitrogens is 1. The summed E-state index contributed by atoms with van der Waals surface area (Å²) in [5.41, 5.74) is 0.578. The molecular weight excluding hydrogens is 338 g/mol. The Kier molecular flexibility index (Phi) is 5.17. The van der Waals surface area contributed by atoms with Crippen LogP contribution < -0.4 is 21.3 Å². The maximum Gasteiger partial charge on any atom is 0.263 e. The van der Waals surface area contributed by atoms with Gasteiger partial charge >= 0.3 is 0 Å². The van der Waals surface area contributed by atoms with Crippen molar-refractivity contribution < 1.29 is 9.53 Å². The number of nitrogens with zero attached hydrogens (tertiary/aromatic N) is 3. The Bertz CT molecular complexity index is 927. The lowest BCUT2D eigenvalue weighted by atomic mass is 10.2. The molecule has 1 saturated heterocycles. The summed E-state index contributed by atoms with van der Waals surface area (Å²) in [5, 5.41) is 2.65. The predicted octanol–water partition coefficient (Wildman–Crippen LogP) is -0.456. The van der Waals surface area contributed by atoms with Crippen molar-refractivity contribution >= 4 is 11.9 Å². The zero-order valence-electron chi connectivity index (χ0n) is 14.7. The van der Waals surface area contributed by atoms with Gasteiger partial charge in [0.2, 0.25) is 5.95 Å². The van der Waals surface area contributed by atoms with E-state index in [-0.39, 0.29) is 23.2 Å². The molecule has 1 aliphatic rings. The molecule has 3 rings (SSSR count). The second-order valence-corrected chi connectivity index (χ2v) is 6.09. The Morgan fingerprint density at radius 2 is 2.04 bits per heavy atom. The highest BCUT2D eigenvalue weighted by atomic mass is 16.5. The Labute approximate surface area is 149 Å². The topological polar surface area (TPSA) is 109 Å². The summed E-state index contributed by atoms with van der Waals surface area (Å²) in [5.74, 6) is -0.0445. The third-order valence-electron chi connectivity index (χ3n) is 4.32. The Hall–Kier alpha value is -2.94. The number of hydrogen-bond donors (Lipinski definition) is 2. The van der Waals surface area contributed by atoms with E-state index in [9.17, 15) is 14.4 Å². The summed E-state index contributed by atoms with van der Waals surface area (Å²) >= 11 is 0. The van der Waals surface area contributed by atoms with Crippen molar-refractivity contribution in [3.8, 4) is 0 Å². The highest BCUT2D eigenvalue weighted by Crippen LogP contribution is 2.08. The van der Waals surface area contributed by atoms with Gasteiger partial charge in [-0.05, 0) is 19.1 Å². The van der Waals surface area contributed by atoms with Crippen LogP contribution in [-0.2, 0) is 18.3 Å². The first kappa shape index (κ1) is 17.9. The molecule has 3 heterocycles. The molecule has 0 spiro atoms. The summed E-state index contributed by atoms with van der Waals surface area (Å²) in [6, 6.07) is 4.53. The minimum Gasteiger partial charge on any atom is -0.378 e. The lowest BCUT2D eigenvalue weighted by Gasteiger charge is -2.27. The molecule has 0 radical (unpaired) electrons. The predicted molar refractivity (Wildman–Crippen MR) is 95.5 cm³/mol. The van der Waals surface area contributed by atoms with Gasteiger partial charge in [-0.1, -0.05) is 0 Å². The van der Waals surface area contributed by atoms with E-state index in [0.29, 0.717) is 37.9 Å². The Morgan fingerprint density at radius 3 is 2.77 bits per heavy atom. The number of hydrogen-bond acceptors (Lipinski definition) is 6. The lowest BCUT2D eigenvalue weighted by molar-refractivity contribution is 0.0948. The molecule has 0 bridgehead atoms. The van der Waals surface area contributed by atoms with E-state index < -0.39 is 5.91 Å². The fraction of sp³-hybridized carbons (Fsp3) is 0.412. The zero-order valence-corrected chi connectivity index (χ0v) is 14.7. The fourth-order valence-corrected chi connectivity index (χ4v) is 2.68. The van der Waals surface area contributed by atoms with E-state index in [1.165, 1.54) is 16.7 Å². The molecule has 9 heteroatoms. The number of rotatable bonds is 4. The van der Waals surface area contributed by atoms with Crippen molar-refractivity contribution in [3.05, 3.63) is 55.9 Å². The number of amides is 1. The number of pyridine rings is 1. The molecule has 0 saturated carbocycles. The molecule has 9 nitrogen and oxygen atoms in total. The van der Waals surface area contributed by atoms with Gasteiger partial charge in [0.25, 0.3) is 17.0 Å². The van der Waals surface area contributed by atoms with Crippen molar-refractivity contribution in [2.75, 3.05) is 31.2 Å². The number of morpholine rings is 1. The summed E-state index contributed by atoms with van der Waals surface area (Å²) < 4.78 is 6.70. The van der Waals surface area contributed by atoms with E-state index >= 15 is 0 Å². The molecule has 0 aliphatic carbocycles. The number of carbonyl (C=O) groups excluding carboxylic acids is 1. The smallest absolute Gasteiger partial charge is 0.263 e. The molecule has 1 amide bonds. The SMILES string of the molecule is Cc1ccc(C(=O)NCc2cc(=O)[nH]c(N3CCOCC3)n2)c(=O)n1C. The summed E-state index contributed by atoms with van der Waals surface area (Å²) in [4.78, 5) is 45.4. The monoisotopic (exact) mass is 359 g/mol. The number of aromatic amines is 1. The summed E-state index contributed by atoms with van der Waals surface area (Å²) in [6.45, 7) is 4.26. The maximum absolute atomic E-state index is 12.3. The Morgan fingerprint density at radius 1 is 1.31 bits per heavy atom. The van der Waals surface area contributed by atoms with Crippen molar-refractivity contribution in [2.45, 2.75) is 13.5 Å². The standard InChI is InChI=1S/C17H21N5O4/c1-11-3-4-13(16(25)21(11)2)15(24)18-10-12-9-14(23)20-17(19-12)22-5-7-26-8-6-22/h3-4,9H,5-8,10H2,1-2H3,(H,18,24)(H,19,20,23). The van der Waals surface area contributed by atoms with Crippen LogP contribution in [0.2, 0.25) is 0 Å². The highest BCUT2D eigenvalue weighted by Gasteiger charge is 2.16. The van der Waals surface area contributed by atoms with Gasteiger partial charge in [-0.2, -0.15) is 0 Å². The van der Waals surface area contributed by atoms with Gasteiger partial charge in [0.15, 0.2) is 0 Å². The molecule has 2 N–H and O–H groups in total. The first-order valence-electron chi connectivity index (χ1n) is 8.33. The van der Waals surface area contributed by atoms with E-state index in [1.54, 1.807) is 20.0 Å². The molecule has 2 aromatic rings. The van der Waals surface area contributed by atoms with Crippen LogP contribution in [0.4, 0.5) is 5.95 Å². The molecule has 0 aromatic carbocycles. The molecule has 0 atom stereocenters. The van der Waals surface area contributed by atoms with Gasteiger partial charge in [-0.15, -0.1) is 0 Å². The van der Waals surface area contributed by atoms with E-state index in [0.717, 1.165) is 5.69 Å². The normalized spacial score (nSPS) is 14.3. The molecular formula is C17H21N5O4.